The van der Waals surface area contributed by atoms with Crippen LogP contribution in [0, 0.1) is 11.7 Å². The van der Waals surface area contributed by atoms with Crippen molar-refractivity contribution < 1.29 is 13.6 Å². The molecule has 1 fully saturated rings. The van der Waals surface area contributed by atoms with Crippen molar-refractivity contribution >= 4 is 16.9 Å². The molecule has 0 spiro atoms. The lowest BCUT2D eigenvalue weighted by molar-refractivity contribution is 0.0662. The van der Waals surface area contributed by atoms with Gasteiger partial charge >= 0.3 is 0 Å². The molecule has 1 aliphatic rings. The van der Waals surface area contributed by atoms with Gasteiger partial charge in [0, 0.05) is 31.6 Å². The number of piperidine rings is 1. The maximum Gasteiger partial charge on any atom is 0.289 e. The molecule has 1 aromatic heterocycles. The van der Waals surface area contributed by atoms with Gasteiger partial charge in [-0.3, -0.25) is 4.79 Å². The number of hydrogen-bond donors (Lipinski definition) is 0. The van der Waals surface area contributed by atoms with Crippen LogP contribution in [0.1, 0.15) is 35.9 Å². The minimum atomic E-state index is -0.174. The molecular formula is C25H29FN2O2. The smallest absolute Gasteiger partial charge is 0.289 e. The molecule has 1 aliphatic heterocycles. The van der Waals surface area contributed by atoms with Gasteiger partial charge < -0.3 is 14.2 Å². The molecule has 2 aromatic carbocycles. The molecule has 30 heavy (non-hydrogen) atoms. The fraction of sp³-hybridized carbons (Fsp3) is 0.400. The molecule has 1 atom stereocenters. The van der Waals surface area contributed by atoms with Gasteiger partial charge in [0.25, 0.3) is 5.91 Å². The van der Waals surface area contributed by atoms with Crippen LogP contribution in [-0.2, 0) is 6.42 Å². The number of amides is 1. The average Bonchev–Trinajstić information content (AvgIpc) is 3.20. The first kappa shape index (κ1) is 20.6. The largest absolute Gasteiger partial charge is 0.451 e. The summed E-state index contributed by atoms with van der Waals surface area (Å²) in [6.45, 7) is 6.38. The van der Waals surface area contributed by atoms with E-state index < -0.39 is 0 Å². The lowest BCUT2D eigenvalue weighted by atomic mass is 9.96. The number of rotatable bonds is 7. The molecule has 4 nitrogen and oxygen atoms in total. The highest BCUT2D eigenvalue weighted by Crippen LogP contribution is 2.22. The Morgan fingerprint density at radius 1 is 1.20 bits per heavy atom. The van der Waals surface area contributed by atoms with E-state index in [1.807, 2.05) is 48.2 Å². The van der Waals surface area contributed by atoms with Gasteiger partial charge in [0.1, 0.15) is 11.4 Å². The van der Waals surface area contributed by atoms with Gasteiger partial charge in [-0.1, -0.05) is 30.3 Å². The molecule has 3 aromatic rings. The summed E-state index contributed by atoms with van der Waals surface area (Å²) < 4.78 is 19.2. The number of likely N-dealkylation sites (tertiary alicyclic amines) is 1. The molecule has 5 heteroatoms. The third kappa shape index (κ3) is 4.90. The molecule has 1 amide bonds. The highest BCUT2D eigenvalue weighted by atomic mass is 19.1. The average molecular weight is 409 g/mol. The van der Waals surface area contributed by atoms with Gasteiger partial charge in [0.05, 0.1) is 0 Å². The molecule has 0 saturated carbocycles. The van der Waals surface area contributed by atoms with Crippen molar-refractivity contribution in [3.05, 3.63) is 71.7 Å². The van der Waals surface area contributed by atoms with E-state index in [0.717, 1.165) is 62.0 Å². The summed E-state index contributed by atoms with van der Waals surface area (Å²) in [4.78, 5) is 17.4. The number of nitrogens with zero attached hydrogens (tertiary/aromatic N) is 2. The Balaban J connectivity index is 1.35. The number of hydrogen-bond acceptors (Lipinski definition) is 3. The minimum Gasteiger partial charge on any atom is -0.451 e. The van der Waals surface area contributed by atoms with E-state index in [-0.39, 0.29) is 11.7 Å². The van der Waals surface area contributed by atoms with Gasteiger partial charge in [0.15, 0.2) is 5.76 Å². The monoisotopic (exact) mass is 408 g/mol. The van der Waals surface area contributed by atoms with E-state index in [2.05, 4.69) is 4.90 Å². The third-order valence-electron chi connectivity index (χ3n) is 5.99. The zero-order valence-corrected chi connectivity index (χ0v) is 17.5. The molecule has 0 bridgehead atoms. The van der Waals surface area contributed by atoms with Crippen LogP contribution >= 0.6 is 0 Å². The van der Waals surface area contributed by atoms with Crippen molar-refractivity contribution in [2.45, 2.75) is 26.2 Å². The molecule has 0 aliphatic carbocycles. The van der Waals surface area contributed by atoms with Gasteiger partial charge in [0.2, 0.25) is 0 Å². The second-order valence-corrected chi connectivity index (χ2v) is 8.18. The van der Waals surface area contributed by atoms with E-state index in [1.54, 1.807) is 12.1 Å². The maximum atomic E-state index is 13.4. The van der Waals surface area contributed by atoms with E-state index in [4.69, 9.17) is 4.42 Å². The second-order valence-electron chi connectivity index (χ2n) is 8.18. The van der Waals surface area contributed by atoms with Crippen molar-refractivity contribution in [3.63, 3.8) is 0 Å². The molecule has 0 radical (unpaired) electrons. The number of carbonyl (C=O) groups is 1. The highest BCUT2D eigenvalue weighted by molar-refractivity contribution is 5.96. The number of carbonyl (C=O) groups excluding carboxylic acids is 1. The minimum absolute atomic E-state index is 0.0365. The summed E-state index contributed by atoms with van der Waals surface area (Å²) in [7, 11) is 0. The van der Waals surface area contributed by atoms with Crippen LogP contribution in [0.2, 0.25) is 0 Å². The van der Waals surface area contributed by atoms with Crippen LogP contribution in [0.3, 0.4) is 0 Å². The Hall–Kier alpha value is -2.66. The lowest BCUT2D eigenvalue weighted by Gasteiger charge is -2.35. The summed E-state index contributed by atoms with van der Waals surface area (Å²) in [5, 5.41) is 0.957. The first-order valence-corrected chi connectivity index (χ1v) is 10.9. The van der Waals surface area contributed by atoms with E-state index in [9.17, 15) is 9.18 Å². The van der Waals surface area contributed by atoms with Crippen molar-refractivity contribution in [2.24, 2.45) is 5.92 Å². The van der Waals surface area contributed by atoms with E-state index in [0.29, 0.717) is 18.2 Å². The molecule has 2 heterocycles. The SMILES string of the molecule is CCN(C[C@H]1CCCN(CCc2cccc(F)c2)C1)C(=O)c1cc2ccccc2o1. The van der Waals surface area contributed by atoms with Crippen LogP contribution < -0.4 is 0 Å². The fourth-order valence-corrected chi connectivity index (χ4v) is 4.39. The summed E-state index contributed by atoms with van der Waals surface area (Å²) in [5.74, 6) is 0.647. The first-order chi connectivity index (χ1) is 14.6. The Labute approximate surface area is 177 Å². The molecule has 0 N–H and O–H groups in total. The van der Waals surface area contributed by atoms with Gasteiger partial charge in [-0.15, -0.1) is 0 Å². The summed E-state index contributed by atoms with van der Waals surface area (Å²) in [5.41, 5.74) is 1.78. The Bertz CT molecular complexity index is 966. The van der Waals surface area contributed by atoms with Crippen LogP contribution in [-0.4, -0.2) is 48.4 Å². The Morgan fingerprint density at radius 3 is 2.87 bits per heavy atom. The van der Waals surface area contributed by atoms with Gasteiger partial charge in [-0.05, 0) is 68.5 Å². The zero-order valence-electron chi connectivity index (χ0n) is 17.5. The number of furan rings is 1. The van der Waals surface area contributed by atoms with Crippen molar-refractivity contribution in [1.82, 2.24) is 9.80 Å². The number of para-hydroxylation sites is 1. The number of halogens is 1. The van der Waals surface area contributed by atoms with Crippen molar-refractivity contribution in [1.29, 1.82) is 0 Å². The van der Waals surface area contributed by atoms with Gasteiger partial charge in [-0.2, -0.15) is 0 Å². The van der Waals surface area contributed by atoms with E-state index in [1.165, 1.54) is 6.07 Å². The van der Waals surface area contributed by atoms with Gasteiger partial charge in [-0.25, -0.2) is 4.39 Å². The molecule has 0 unspecified atom stereocenters. The maximum absolute atomic E-state index is 13.4. The normalized spacial score (nSPS) is 17.3. The predicted molar refractivity (Wildman–Crippen MR) is 117 cm³/mol. The number of benzene rings is 2. The summed E-state index contributed by atoms with van der Waals surface area (Å²) in [6.07, 6.45) is 3.10. The molecular weight excluding hydrogens is 379 g/mol. The van der Waals surface area contributed by atoms with Crippen molar-refractivity contribution in [3.8, 4) is 0 Å². The van der Waals surface area contributed by atoms with Crippen LogP contribution in [0.25, 0.3) is 11.0 Å². The van der Waals surface area contributed by atoms with Crippen LogP contribution in [0.5, 0.6) is 0 Å². The van der Waals surface area contributed by atoms with E-state index >= 15 is 0 Å². The lowest BCUT2D eigenvalue weighted by Crippen LogP contribution is -2.43. The van der Waals surface area contributed by atoms with Crippen LogP contribution in [0.15, 0.2) is 59.0 Å². The molecule has 1 saturated heterocycles. The highest BCUT2D eigenvalue weighted by Gasteiger charge is 2.25. The summed E-state index contributed by atoms with van der Waals surface area (Å²) >= 11 is 0. The van der Waals surface area contributed by atoms with Crippen LogP contribution in [0.4, 0.5) is 4.39 Å². The second kappa shape index (κ2) is 9.43. The Kier molecular flexibility index (Phi) is 6.48. The standard InChI is InChI=1S/C25H29FN2O2/c1-2-28(25(29)24-16-21-9-3-4-11-23(21)30-24)18-20-8-6-13-27(17-20)14-12-19-7-5-10-22(26)15-19/h3-5,7,9-11,15-16,20H,2,6,8,12-14,17-18H2,1H3/t20-/m0/s1. The third-order valence-corrected chi connectivity index (χ3v) is 5.99. The first-order valence-electron chi connectivity index (χ1n) is 10.9. The Morgan fingerprint density at radius 2 is 2.07 bits per heavy atom. The molecule has 4 rings (SSSR count). The fourth-order valence-electron chi connectivity index (χ4n) is 4.39. The predicted octanol–water partition coefficient (Wildman–Crippen LogP) is 4.99. The van der Waals surface area contributed by atoms with Crippen molar-refractivity contribution in [2.75, 3.05) is 32.7 Å². The number of fused-ring (bicyclic) bond motifs is 1. The zero-order chi connectivity index (χ0) is 20.9. The summed E-state index contributed by atoms with van der Waals surface area (Å²) in [6, 6.07) is 16.4. The quantitative estimate of drug-likeness (QED) is 0.553. The molecule has 158 valence electrons. The topological polar surface area (TPSA) is 36.7 Å².